The first-order chi connectivity index (χ1) is 7.95. The van der Waals surface area contributed by atoms with Gasteiger partial charge in [-0.25, -0.2) is 17.9 Å². The fraction of sp³-hybridized carbons (Fsp3) is 0.400. The van der Waals surface area contributed by atoms with E-state index in [0.29, 0.717) is 12.2 Å². The van der Waals surface area contributed by atoms with E-state index in [9.17, 15) is 12.8 Å². The lowest BCUT2D eigenvalue weighted by atomic mass is 10.3. The van der Waals surface area contributed by atoms with Gasteiger partial charge in [-0.1, -0.05) is 0 Å². The van der Waals surface area contributed by atoms with Crippen molar-refractivity contribution in [2.24, 2.45) is 5.14 Å². The fourth-order valence-electron chi connectivity index (χ4n) is 1.26. The van der Waals surface area contributed by atoms with Gasteiger partial charge in [-0.05, 0) is 36.6 Å². The van der Waals surface area contributed by atoms with Gasteiger partial charge in [0.05, 0.1) is 10.6 Å². The quantitative estimate of drug-likeness (QED) is 0.776. The third-order valence-electron chi connectivity index (χ3n) is 2.11. The Morgan fingerprint density at radius 3 is 2.71 bits per heavy atom. The number of rotatable bonds is 6. The molecular weight excluding hydrogens is 263 g/mol. The molecule has 0 aliphatic rings. The lowest BCUT2D eigenvalue weighted by Crippen LogP contribution is -2.13. The molecule has 0 saturated carbocycles. The van der Waals surface area contributed by atoms with Gasteiger partial charge in [-0.15, -0.1) is 0 Å². The summed E-state index contributed by atoms with van der Waals surface area (Å²) in [7, 11) is -3.84. The van der Waals surface area contributed by atoms with Crippen molar-refractivity contribution in [1.29, 1.82) is 0 Å². The number of primary sulfonamides is 1. The number of anilines is 1. The van der Waals surface area contributed by atoms with Crippen molar-refractivity contribution in [2.75, 3.05) is 23.9 Å². The zero-order valence-electron chi connectivity index (χ0n) is 9.44. The van der Waals surface area contributed by atoms with Gasteiger partial charge in [-0.3, -0.25) is 0 Å². The van der Waals surface area contributed by atoms with Crippen molar-refractivity contribution in [3.63, 3.8) is 0 Å². The summed E-state index contributed by atoms with van der Waals surface area (Å²) in [5.74, 6) is 0.379. The van der Waals surface area contributed by atoms with E-state index in [0.717, 1.165) is 18.2 Å². The minimum atomic E-state index is -3.84. The van der Waals surface area contributed by atoms with Crippen LogP contribution in [0.15, 0.2) is 23.1 Å². The Morgan fingerprint density at radius 2 is 2.18 bits per heavy atom. The molecule has 0 heterocycles. The molecule has 0 fully saturated rings. The van der Waals surface area contributed by atoms with E-state index >= 15 is 0 Å². The standard InChI is InChI=1S/C10H15FN2O2S2/c1-16-6-2-5-13-10-4-3-8(7-9(10)11)17(12,14)15/h3-4,7,13H,2,5-6H2,1H3,(H2,12,14,15). The van der Waals surface area contributed by atoms with E-state index in [-0.39, 0.29) is 4.90 Å². The highest BCUT2D eigenvalue weighted by atomic mass is 32.2. The number of benzene rings is 1. The molecule has 17 heavy (non-hydrogen) atoms. The molecule has 0 bridgehead atoms. The summed E-state index contributed by atoms with van der Waals surface area (Å²) in [4.78, 5) is -0.218. The molecule has 0 aromatic heterocycles. The smallest absolute Gasteiger partial charge is 0.238 e. The maximum absolute atomic E-state index is 13.5. The van der Waals surface area contributed by atoms with Crippen LogP contribution in [0, 0.1) is 5.82 Å². The average Bonchev–Trinajstić information content (AvgIpc) is 2.24. The van der Waals surface area contributed by atoms with Crippen LogP contribution < -0.4 is 10.5 Å². The normalized spacial score (nSPS) is 11.5. The van der Waals surface area contributed by atoms with Crippen LogP contribution in [0.1, 0.15) is 6.42 Å². The van der Waals surface area contributed by atoms with Crippen molar-refractivity contribution >= 4 is 27.5 Å². The Morgan fingerprint density at radius 1 is 1.47 bits per heavy atom. The molecule has 1 rings (SSSR count). The molecule has 4 nitrogen and oxygen atoms in total. The summed E-state index contributed by atoms with van der Waals surface area (Å²) in [6.07, 6.45) is 2.92. The highest BCUT2D eigenvalue weighted by molar-refractivity contribution is 7.98. The molecule has 3 N–H and O–H groups in total. The van der Waals surface area contributed by atoms with Crippen LogP contribution >= 0.6 is 11.8 Å². The molecule has 0 aliphatic heterocycles. The molecule has 1 aromatic rings. The maximum atomic E-state index is 13.5. The number of nitrogens with one attached hydrogen (secondary N) is 1. The largest absolute Gasteiger partial charge is 0.383 e. The van der Waals surface area contributed by atoms with Crippen molar-refractivity contribution < 1.29 is 12.8 Å². The molecule has 7 heteroatoms. The Hall–Kier alpha value is -0.790. The number of nitrogens with two attached hydrogens (primary N) is 1. The SMILES string of the molecule is CSCCCNc1ccc(S(N)(=O)=O)cc1F. The highest BCUT2D eigenvalue weighted by Gasteiger charge is 2.10. The zero-order chi connectivity index (χ0) is 12.9. The van der Waals surface area contributed by atoms with Gasteiger partial charge < -0.3 is 5.32 Å². The molecule has 0 amide bonds. The van der Waals surface area contributed by atoms with E-state index in [1.165, 1.54) is 12.1 Å². The first kappa shape index (κ1) is 14.3. The summed E-state index contributed by atoms with van der Waals surface area (Å²) >= 11 is 1.72. The van der Waals surface area contributed by atoms with Crippen LogP contribution in [0.5, 0.6) is 0 Å². The topological polar surface area (TPSA) is 72.2 Å². The van der Waals surface area contributed by atoms with Crippen LogP contribution in [0.25, 0.3) is 0 Å². The summed E-state index contributed by atoms with van der Waals surface area (Å²) in [6.45, 7) is 0.645. The van der Waals surface area contributed by atoms with Gasteiger partial charge in [0.2, 0.25) is 10.0 Å². The molecule has 1 aromatic carbocycles. The molecule has 0 radical (unpaired) electrons. The van der Waals surface area contributed by atoms with Crippen LogP contribution in [0.2, 0.25) is 0 Å². The van der Waals surface area contributed by atoms with Crippen molar-refractivity contribution in [3.8, 4) is 0 Å². The van der Waals surface area contributed by atoms with Crippen LogP contribution in [0.3, 0.4) is 0 Å². The van der Waals surface area contributed by atoms with Gasteiger partial charge in [0.25, 0.3) is 0 Å². The summed E-state index contributed by atoms with van der Waals surface area (Å²) < 4.78 is 35.5. The molecular formula is C10H15FN2O2S2. The van der Waals surface area contributed by atoms with Gasteiger partial charge in [0.1, 0.15) is 5.82 Å². The van der Waals surface area contributed by atoms with E-state index < -0.39 is 15.8 Å². The predicted octanol–water partition coefficient (Wildman–Crippen LogP) is 1.64. The molecule has 0 unspecified atom stereocenters. The first-order valence-electron chi connectivity index (χ1n) is 5.00. The lowest BCUT2D eigenvalue weighted by Gasteiger charge is -2.08. The Bertz CT molecular complexity index is 477. The number of hydrogen-bond acceptors (Lipinski definition) is 4. The molecule has 0 aliphatic carbocycles. The minimum absolute atomic E-state index is 0.218. The zero-order valence-corrected chi connectivity index (χ0v) is 11.1. The second kappa shape index (κ2) is 6.23. The summed E-state index contributed by atoms with van der Waals surface area (Å²) in [5.41, 5.74) is 0.290. The summed E-state index contributed by atoms with van der Waals surface area (Å²) in [5, 5.41) is 7.80. The first-order valence-corrected chi connectivity index (χ1v) is 7.94. The van der Waals surface area contributed by atoms with Crippen LogP contribution in [-0.2, 0) is 10.0 Å². The molecule has 96 valence electrons. The van der Waals surface area contributed by atoms with Crippen molar-refractivity contribution in [1.82, 2.24) is 0 Å². The second-order valence-corrected chi connectivity index (χ2v) is 6.01. The van der Waals surface area contributed by atoms with Crippen molar-refractivity contribution in [3.05, 3.63) is 24.0 Å². The minimum Gasteiger partial charge on any atom is -0.383 e. The average molecular weight is 278 g/mol. The number of thioether (sulfide) groups is 1. The molecule has 0 spiro atoms. The Balaban J connectivity index is 2.70. The number of hydrogen-bond donors (Lipinski definition) is 2. The maximum Gasteiger partial charge on any atom is 0.238 e. The van der Waals surface area contributed by atoms with Crippen molar-refractivity contribution in [2.45, 2.75) is 11.3 Å². The predicted molar refractivity (Wildman–Crippen MR) is 69.3 cm³/mol. The summed E-state index contributed by atoms with van der Waals surface area (Å²) in [6, 6.07) is 3.59. The highest BCUT2D eigenvalue weighted by Crippen LogP contribution is 2.18. The van der Waals surface area contributed by atoms with Gasteiger partial charge in [-0.2, -0.15) is 11.8 Å². The van der Waals surface area contributed by atoms with E-state index in [1.54, 1.807) is 11.8 Å². The van der Waals surface area contributed by atoms with E-state index in [2.05, 4.69) is 5.32 Å². The molecule has 0 atom stereocenters. The van der Waals surface area contributed by atoms with Crippen LogP contribution in [0.4, 0.5) is 10.1 Å². The van der Waals surface area contributed by atoms with Gasteiger partial charge >= 0.3 is 0 Å². The monoisotopic (exact) mass is 278 g/mol. The third kappa shape index (κ3) is 4.53. The van der Waals surface area contributed by atoms with E-state index in [1.807, 2.05) is 6.26 Å². The third-order valence-corrected chi connectivity index (χ3v) is 3.72. The number of halogens is 1. The van der Waals surface area contributed by atoms with Gasteiger partial charge in [0, 0.05) is 6.54 Å². The Kier molecular flexibility index (Phi) is 5.23. The lowest BCUT2D eigenvalue weighted by molar-refractivity contribution is 0.593. The Labute approximate surface area is 105 Å². The van der Waals surface area contributed by atoms with Crippen LogP contribution in [-0.4, -0.2) is 27.0 Å². The van der Waals surface area contributed by atoms with E-state index in [4.69, 9.17) is 5.14 Å². The molecule has 0 saturated heterocycles. The van der Waals surface area contributed by atoms with Gasteiger partial charge in [0.15, 0.2) is 0 Å². The fourth-order valence-corrected chi connectivity index (χ4v) is 2.21. The number of sulfonamides is 1. The second-order valence-electron chi connectivity index (χ2n) is 3.46.